The number of benzene rings is 2. The molecule has 0 aliphatic rings. The van der Waals surface area contributed by atoms with Gasteiger partial charge < -0.3 is 5.32 Å². The number of aromatic nitrogens is 2. The highest BCUT2D eigenvalue weighted by Crippen LogP contribution is 2.16. The van der Waals surface area contributed by atoms with Crippen LogP contribution in [-0.2, 0) is 11.3 Å². The van der Waals surface area contributed by atoms with E-state index in [9.17, 15) is 9.59 Å². The lowest BCUT2D eigenvalue weighted by Gasteiger charge is -2.15. The first-order valence-electron chi connectivity index (χ1n) is 7.63. The Morgan fingerprint density at radius 2 is 1.84 bits per heavy atom. The van der Waals surface area contributed by atoms with Gasteiger partial charge in [0, 0.05) is 10.0 Å². The second-order valence-corrected chi connectivity index (χ2v) is 6.55. The van der Waals surface area contributed by atoms with E-state index >= 15 is 0 Å². The summed E-state index contributed by atoms with van der Waals surface area (Å²) in [7, 11) is 0. The number of hydrogen-bond acceptors (Lipinski definition) is 3. The molecule has 1 N–H and O–H groups in total. The molecule has 0 radical (unpaired) electrons. The lowest BCUT2D eigenvalue weighted by atomic mass is 10.1. The average Bonchev–Trinajstić information content (AvgIpc) is 2.58. The van der Waals surface area contributed by atoms with Crippen LogP contribution in [0.1, 0.15) is 18.5 Å². The highest BCUT2D eigenvalue weighted by Gasteiger charge is 2.12. The van der Waals surface area contributed by atoms with Crippen LogP contribution in [-0.4, -0.2) is 15.5 Å². The normalized spacial score (nSPS) is 12.1. The van der Waals surface area contributed by atoms with Gasteiger partial charge in [-0.1, -0.05) is 35.3 Å². The third-order valence-electron chi connectivity index (χ3n) is 3.85. The molecule has 3 rings (SSSR count). The van der Waals surface area contributed by atoms with Gasteiger partial charge in [0.2, 0.25) is 5.91 Å². The van der Waals surface area contributed by atoms with Crippen LogP contribution in [0, 0.1) is 0 Å². The van der Waals surface area contributed by atoms with Gasteiger partial charge in [0.15, 0.2) is 0 Å². The molecule has 0 saturated heterocycles. The fraction of sp³-hybridized carbons (Fsp3) is 0.167. The summed E-state index contributed by atoms with van der Waals surface area (Å²) in [5.41, 5.74) is 1.15. The van der Waals surface area contributed by atoms with E-state index in [4.69, 9.17) is 23.2 Å². The van der Waals surface area contributed by atoms with E-state index in [0.717, 1.165) is 5.56 Å². The van der Waals surface area contributed by atoms with Gasteiger partial charge in [-0.2, -0.15) is 0 Å². The largest absolute Gasteiger partial charge is 0.348 e. The number of carbonyl (C=O) groups is 1. The molecule has 25 heavy (non-hydrogen) atoms. The van der Waals surface area contributed by atoms with Gasteiger partial charge in [-0.05, 0) is 42.8 Å². The van der Waals surface area contributed by atoms with Crippen LogP contribution < -0.4 is 10.9 Å². The van der Waals surface area contributed by atoms with E-state index in [-0.39, 0.29) is 24.1 Å². The minimum Gasteiger partial charge on any atom is -0.348 e. The zero-order valence-corrected chi connectivity index (χ0v) is 14.9. The van der Waals surface area contributed by atoms with Gasteiger partial charge >= 0.3 is 0 Å². The maximum absolute atomic E-state index is 12.5. The Labute approximate surface area is 154 Å². The van der Waals surface area contributed by atoms with Crippen molar-refractivity contribution >= 4 is 40.0 Å². The van der Waals surface area contributed by atoms with Crippen LogP contribution in [0.25, 0.3) is 10.9 Å². The van der Waals surface area contributed by atoms with E-state index < -0.39 is 0 Å². The summed E-state index contributed by atoms with van der Waals surface area (Å²) in [6.07, 6.45) is 1.35. The second kappa shape index (κ2) is 7.25. The third-order valence-corrected chi connectivity index (χ3v) is 4.34. The lowest BCUT2D eigenvalue weighted by Crippen LogP contribution is -2.33. The predicted molar refractivity (Wildman–Crippen MR) is 99.0 cm³/mol. The molecule has 5 nitrogen and oxygen atoms in total. The average molecular weight is 376 g/mol. The molecule has 0 aliphatic heterocycles. The minimum atomic E-state index is -0.282. The molecular formula is C18H15Cl2N3O2. The van der Waals surface area contributed by atoms with Crippen LogP contribution in [0.3, 0.4) is 0 Å². The van der Waals surface area contributed by atoms with E-state index in [2.05, 4.69) is 10.3 Å². The maximum Gasteiger partial charge on any atom is 0.261 e. The Kier molecular flexibility index (Phi) is 5.06. The molecule has 1 amide bonds. The summed E-state index contributed by atoms with van der Waals surface area (Å²) in [5.74, 6) is -0.278. The van der Waals surface area contributed by atoms with Crippen LogP contribution in [0.5, 0.6) is 0 Å². The molecule has 3 aromatic rings. The van der Waals surface area contributed by atoms with Crippen LogP contribution in [0.2, 0.25) is 10.0 Å². The van der Waals surface area contributed by atoms with Crippen molar-refractivity contribution in [1.82, 2.24) is 14.9 Å². The Hall–Kier alpha value is -2.37. The summed E-state index contributed by atoms with van der Waals surface area (Å²) in [6.45, 7) is 1.76. The fourth-order valence-electron chi connectivity index (χ4n) is 2.52. The van der Waals surface area contributed by atoms with Gasteiger partial charge in [0.1, 0.15) is 6.54 Å². The molecule has 0 unspecified atom stereocenters. The van der Waals surface area contributed by atoms with Gasteiger partial charge in [0.25, 0.3) is 5.56 Å². The van der Waals surface area contributed by atoms with E-state index in [1.165, 1.54) is 10.9 Å². The van der Waals surface area contributed by atoms with Crippen molar-refractivity contribution in [3.05, 3.63) is 74.8 Å². The molecule has 0 aliphatic carbocycles. The summed E-state index contributed by atoms with van der Waals surface area (Å²) in [4.78, 5) is 28.9. The van der Waals surface area contributed by atoms with E-state index in [1.54, 1.807) is 30.3 Å². The molecule has 2 aromatic carbocycles. The number of amides is 1. The standard InChI is InChI=1S/C18H15Cl2N3O2/c1-11(12-2-4-13(19)5-3-12)22-17(24)9-23-10-21-16-8-14(20)6-7-15(16)18(23)25/h2-8,10-11H,9H2,1H3,(H,22,24)/t11-/m0/s1. The van der Waals surface area contributed by atoms with Gasteiger partial charge in [-0.3, -0.25) is 14.2 Å². The molecule has 0 fully saturated rings. The zero-order chi connectivity index (χ0) is 18.0. The number of halogens is 2. The number of fused-ring (bicyclic) bond motifs is 1. The molecule has 7 heteroatoms. The first-order valence-corrected chi connectivity index (χ1v) is 8.39. The first-order chi connectivity index (χ1) is 11.9. The van der Waals surface area contributed by atoms with Gasteiger partial charge in [-0.25, -0.2) is 4.98 Å². The lowest BCUT2D eigenvalue weighted by molar-refractivity contribution is -0.122. The van der Waals surface area contributed by atoms with E-state index in [0.29, 0.717) is 20.9 Å². The van der Waals surface area contributed by atoms with Crippen LogP contribution in [0.4, 0.5) is 0 Å². The van der Waals surface area contributed by atoms with Crippen molar-refractivity contribution in [1.29, 1.82) is 0 Å². The van der Waals surface area contributed by atoms with Crippen LogP contribution >= 0.6 is 23.2 Å². The second-order valence-electron chi connectivity index (χ2n) is 5.68. The number of nitrogens with zero attached hydrogens (tertiary/aromatic N) is 2. The monoisotopic (exact) mass is 375 g/mol. The Bertz CT molecular complexity index is 984. The Morgan fingerprint density at radius 3 is 2.56 bits per heavy atom. The number of nitrogens with one attached hydrogen (secondary N) is 1. The number of carbonyl (C=O) groups excluding carboxylic acids is 1. The Balaban J connectivity index is 1.75. The molecular weight excluding hydrogens is 361 g/mol. The molecule has 0 saturated carbocycles. The highest BCUT2D eigenvalue weighted by molar-refractivity contribution is 6.31. The summed E-state index contributed by atoms with van der Waals surface area (Å²) in [6, 6.07) is 11.9. The predicted octanol–water partition coefficient (Wildman–Crippen LogP) is 3.58. The quantitative estimate of drug-likeness (QED) is 0.757. The molecule has 1 aromatic heterocycles. The Morgan fingerprint density at radius 1 is 1.16 bits per heavy atom. The fourth-order valence-corrected chi connectivity index (χ4v) is 2.81. The highest BCUT2D eigenvalue weighted by atomic mass is 35.5. The van der Waals surface area contributed by atoms with Crippen molar-refractivity contribution in [2.75, 3.05) is 0 Å². The van der Waals surface area contributed by atoms with Crippen molar-refractivity contribution < 1.29 is 4.79 Å². The summed E-state index contributed by atoms with van der Waals surface area (Å²) in [5, 5.41) is 4.42. The topological polar surface area (TPSA) is 64.0 Å². The molecule has 128 valence electrons. The van der Waals surface area contributed by atoms with Crippen LogP contribution in [0.15, 0.2) is 53.6 Å². The minimum absolute atomic E-state index is 0.109. The molecule has 0 bridgehead atoms. The zero-order valence-electron chi connectivity index (χ0n) is 13.4. The molecule has 1 heterocycles. The summed E-state index contributed by atoms with van der Waals surface area (Å²) >= 11 is 11.8. The first kappa shape index (κ1) is 17.5. The molecule has 0 spiro atoms. The SMILES string of the molecule is C[C@H](NC(=O)Cn1cnc2cc(Cl)ccc2c1=O)c1ccc(Cl)cc1. The van der Waals surface area contributed by atoms with Gasteiger partial charge in [0.05, 0.1) is 23.3 Å². The van der Waals surface area contributed by atoms with Crippen molar-refractivity contribution in [2.45, 2.75) is 19.5 Å². The van der Waals surface area contributed by atoms with Crippen molar-refractivity contribution in [2.24, 2.45) is 0 Å². The number of rotatable bonds is 4. The molecule has 1 atom stereocenters. The van der Waals surface area contributed by atoms with E-state index in [1.807, 2.05) is 19.1 Å². The van der Waals surface area contributed by atoms with Crippen molar-refractivity contribution in [3.63, 3.8) is 0 Å². The summed E-state index contributed by atoms with van der Waals surface area (Å²) < 4.78 is 1.28. The third kappa shape index (κ3) is 4.00. The number of hydrogen-bond donors (Lipinski definition) is 1. The maximum atomic E-state index is 12.5. The smallest absolute Gasteiger partial charge is 0.261 e. The van der Waals surface area contributed by atoms with Crippen molar-refractivity contribution in [3.8, 4) is 0 Å². The van der Waals surface area contributed by atoms with Gasteiger partial charge in [-0.15, -0.1) is 0 Å².